The van der Waals surface area contributed by atoms with E-state index in [9.17, 15) is 9.59 Å². The van der Waals surface area contributed by atoms with Crippen LogP contribution in [0.15, 0.2) is 6.07 Å². The van der Waals surface area contributed by atoms with Crippen LogP contribution in [0.4, 0.5) is 0 Å². The van der Waals surface area contributed by atoms with E-state index in [1.165, 1.54) is 0 Å². The Kier molecular flexibility index (Phi) is 4.15. The Bertz CT molecular complexity index is 582. The van der Waals surface area contributed by atoms with E-state index in [1.807, 2.05) is 10.7 Å². The molecule has 120 valence electrons. The molecule has 22 heavy (non-hydrogen) atoms. The fourth-order valence-electron chi connectivity index (χ4n) is 3.19. The molecular formula is C15H23N5O2. The molecule has 0 aromatic carbocycles. The highest BCUT2D eigenvalue weighted by Crippen LogP contribution is 2.17. The molecule has 0 saturated carbocycles. The van der Waals surface area contributed by atoms with Crippen molar-refractivity contribution in [1.82, 2.24) is 19.6 Å². The van der Waals surface area contributed by atoms with Gasteiger partial charge in [-0.3, -0.25) is 14.3 Å². The van der Waals surface area contributed by atoms with Crippen molar-refractivity contribution < 1.29 is 9.59 Å². The van der Waals surface area contributed by atoms with E-state index < -0.39 is 0 Å². The minimum absolute atomic E-state index is 0.0508. The Morgan fingerprint density at radius 1 is 1.23 bits per heavy atom. The van der Waals surface area contributed by atoms with Crippen molar-refractivity contribution in [1.29, 1.82) is 0 Å². The molecule has 3 rings (SSSR count). The average Bonchev–Trinajstić information content (AvgIpc) is 2.78. The fraction of sp³-hybridized carbons (Fsp3) is 0.667. The molecule has 2 N–H and O–H groups in total. The van der Waals surface area contributed by atoms with Gasteiger partial charge >= 0.3 is 0 Å². The highest BCUT2D eigenvalue weighted by molar-refractivity contribution is 5.92. The summed E-state index contributed by atoms with van der Waals surface area (Å²) < 4.78 is 1.86. The van der Waals surface area contributed by atoms with Crippen molar-refractivity contribution in [2.75, 3.05) is 19.6 Å². The molecule has 1 fully saturated rings. The van der Waals surface area contributed by atoms with Gasteiger partial charge in [0, 0.05) is 39.1 Å². The van der Waals surface area contributed by atoms with Crippen molar-refractivity contribution in [3.8, 4) is 0 Å². The Morgan fingerprint density at radius 2 is 2.00 bits per heavy atom. The molecule has 2 amide bonds. The first-order valence-electron chi connectivity index (χ1n) is 7.91. The van der Waals surface area contributed by atoms with Crippen LogP contribution in [-0.4, -0.2) is 57.1 Å². The summed E-state index contributed by atoms with van der Waals surface area (Å²) in [5.41, 5.74) is 7.34. The third kappa shape index (κ3) is 2.99. The maximum Gasteiger partial charge on any atom is 0.274 e. The smallest absolute Gasteiger partial charge is 0.274 e. The quantitative estimate of drug-likeness (QED) is 0.803. The number of aryl methyl sites for hydroxylation is 1. The number of likely N-dealkylation sites (tertiary alicyclic amines) is 1. The zero-order chi connectivity index (χ0) is 15.7. The summed E-state index contributed by atoms with van der Waals surface area (Å²) >= 11 is 0. The van der Waals surface area contributed by atoms with Crippen LogP contribution in [-0.2, 0) is 17.9 Å². The second-order valence-electron chi connectivity index (χ2n) is 6.19. The number of piperidine rings is 1. The van der Waals surface area contributed by atoms with Gasteiger partial charge in [0.25, 0.3) is 5.91 Å². The van der Waals surface area contributed by atoms with E-state index in [0.29, 0.717) is 18.8 Å². The van der Waals surface area contributed by atoms with Crippen LogP contribution < -0.4 is 5.73 Å². The van der Waals surface area contributed by atoms with Gasteiger partial charge in [-0.1, -0.05) is 0 Å². The lowest BCUT2D eigenvalue weighted by molar-refractivity contribution is -0.129. The van der Waals surface area contributed by atoms with Crippen LogP contribution in [0, 0.1) is 0 Å². The van der Waals surface area contributed by atoms with E-state index in [-0.39, 0.29) is 17.9 Å². The number of rotatable bonds is 1. The second-order valence-corrected chi connectivity index (χ2v) is 6.19. The maximum absolute atomic E-state index is 12.6. The predicted molar refractivity (Wildman–Crippen MR) is 81.0 cm³/mol. The molecule has 0 spiro atoms. The molecule has 7 nitrogen and oxygen atoms in total. The van der Waals surface area contributed by atoms with E-state index in [0.717, 1.165) is 44.6 Å². The van der Waals surface area contributed by atoms with Gasteiger partial charge < -0.3 is 15.5 Å². The Balaban J connectivity index is 1.77. The van der Waals surface area contributed by atoms with E-state index in [4.69, 9.17) is 5.73 Å². The topological polar surface area (TPSA) is 84.5 Å². The van der Waals surface area contributed by atoms with Crippen LogP contribution in [0.25, 0.3) is 0 Å². The van der Waals surface area contributed by atoms with Crippen molar-refractivity contribution >= 4 is 11.8 Å². The lowest BCUT2D eigenvalue weighted by atomic mass is 10.1. The molecular weight excluding hydrogens is 282 g/mol. The van der Waals surface area contributed by atoms with Crippen molar-refractivity contribution in [3.05, 3.63) is 17.5 Å². The SMILES string of the molecule is CC(=O)N1CCCn2nc(C(=O)N3CCCC(N)C3)cc2C1. The number of carbonyl (C=O) groups excluding carboxylic acids is 2. The first-order valence-corrected chi connectivity index (χ1v) is 7.91. The van der Waals surface area contributed by atoms with Crippen molar-refractivity contribution in [2.45, 2.75) is 45.3 Å². The number of hydrogen-bond donors (Lipinski definition) is 1. The first kappa shape index (κ1) is 15.0. The zero-order valence-corrected chi connectivity index (χ0v) is 13.0. The molecule has 1 saturated heterocycles. The highest BCUT2D eigenvalue weighted by atomic mass is 16.2. The Labute approximate surface area is 130 Å². The summed E-state index contributed by atoms with van der Waals surface area (Å²) in [6, 6.07) is 1.88. The number of amides is 2. The second kappa shape index (κ2) is 6.08. The van der Waals surface area contributed by atoms with Gasteiger partial charge in [0.2, 0.25) is 5.91 Å². The Morgan fingerprint density at radius 3 is 2.73 bits per heavy atom. The third-order valence-corrected chi connectivity index (χ3v) is 4.42. The molecule has 1 aromatic heterocycles. The molecule has 0 radical (unpaired) electrons. The zero-order valence-electron chi connectivity index (χ0n) is 13.0. The van der Waals surface area contributed by atoms with Gasteiger partial charge in [0.15, 0.2) is 5.69 Å². The molecule has 7 heteroatoms. The number of aromatic nitrogens is 2. The number of nitrogens with zero attached hydrogens (tertiary/aromatic N) is 4. The summed E-state index contributed by atoms with van der Waals surface area (Å²) in [5, 5.41) is 4.45. The van der Waals surface area contributed by atoms with Crippen LogP contribution in [0.3, 0.4) is 0 Å². The number of nitrogens with two attached hydrogens (primary N) is 1. The molecule has 1 atom stereocenters. The van der Waals surface area contributed by atoms with Gasteiger partial charge in [-0.15, -0.1) is 0 Å². The van der Waals surface area contributed by atoms with Gasteiger partial charge in [-0.05, 0) is 25.3 Å². The summed E-state index contributed by atoms with van der Waals surface area (Å²) in [7, 11) is 0. The molecule has 1 unspecified atom stereocenters. The molecule has 1 aromatic rings. The summed E-state index contributed by atoms with van der Waals surface area (Å²) in [4.78, 5) is 27.8. The molecule has 2 aliphatic rings. The summed E-state index contributed by atoms with van der Waals surface area (Å²) in [6.45, 7) is 4.92. The van der Waals surface area contributed by atoms with E-state index in [1.54, 1.807) is 16.7 Å². The van der Waals surface area contributed by atoms with Crippen molar-refractivity contribution in [3.63, 3.8) is 0 Å². The average molecular weight is 305 g/mol. The van der Waals surface area contributed by atoms with Gasteiger partial charge in [0.05, 0.1) is 12.2 Å². The lowest BCUT2D eigenvalue weighted by Crippen LogP contribution is -2.45. The lowest BCUT2D eigenvalue weighted by Gasteiger charge is -2.30. The monoisotopic (exact) mass is 305 g/mol. The maximum atomic E-state index is 12.6. The summed E-state index contributed by atoms with van der Waals surface area (Å²) in [5.74, 6) is 0.00892. The number of fused-ring (bicyclic) bond motifs is 1. The molecule has 0 bridgehead atoms. The van der Waals surface area contributed by atoms with Gasteiger partial charge in [-0.25, -0.2) is 0 Å². The molecule has 3 heterocycles. The van der Waals surface area contributed by atoms with Crippen molar-refractivity contribution in [2.24, 2.45) is 5.73 Å². The first-order chi connectivity index (χ1) is 10.5. The fourth-order valence-corrected chi connectivity index (χ4v) is 3.19. The van der Waals surface area contributed by atoms with Crippen LogP contribution in [0.1, 0.15) is 42.4 Å². The van der Waals surface area contributed by atoms with E-state index in [2.05, 4.69) is 5.10 Å². The predicted octanol–water partition coefficient (Wildman–Crippen LogP) is 0.199. The summed E-state index contributed by atoms with van der Waals surface area (Å²) in [6.07, 6.45) is 2.77. The molecule has 2 aliphatic heterocycles. The number of hydrogen-bond acceptors (Lipinski definition) is 4. The third-order valence-electron chi connectivity index (χ3n) is 4.42. The Hall–Kier alpha value is -1.89. The van der Waals surface area contributed by atoms with Crippen LogP contribution in [0.5, 0.6) is 0 Å². The van der Waals surface area contributed by atoms with E-state index >= 15 is 0 Å². The minimum atomic E-state index is -0.0508. The van der Waals surface area contributed by atoms with Crippen LogP contribution in [0.2, 0.25) is 0 Å². The van der Waals surface area contributed by atoms with Gasteiger partial charge in [-0.2, -0.15) is 5.10 Å². The van der Waals surface area contributed by atoms with Gasteiger partial charge in [0.1, 0.15) is 0 Å². The number of carbonyl (C=O) groups is 2. The van der Waals surface area contributed by atoms with Crippen LogP contribution >= 0.6 is 0 Å². The highest BCUT2D eigenvalue weighted by Gasteiger charge is 2.26. The standard InChI is InChI=1S/C15H23N5O2/c1-11(21)18-6-3-7-20-13(10-18)8-14(17-20)15(22)19-5-2-4-12(16)9-19/h8,12H,2-7,9-10,16H2,1H3. The minimum Gasteiger partial charge on any atom is -0.337 e. The largest absolute Gasteiger partial charge is 0.337 e. The molecule has 0 aliphatic carbocycles. The normalized spacial score (nSPS) is 22.2.